The van der Waals surface area contributed by atoms with E-state index in [1.54, 1.807) is 12.2 Å². The molecule has 0 radical (unpaired) electrons. The Morgan fingerprint density at radius 2 is 2.00 bits per heavy atom. The number of hydrogen-bond acceptors (Lipinski definition) is 3. The maximum Gasteiger partial charge on any atom is 0.227 e. The lowest BCUT2D eigenvalue weighted by atomic mass is 9.97. The van der Waals surface area contributed by atoms with Crippen molar-refractivity contribution in [1.82, 2.24) is 10.2 Å². The zero-order valence-corrected chi connectivity index (χ0v) is 20.5. The smallest absolute Gasteiger partial charge is 0.227 e. The summed E-state index contributed by atoms with van der Waals surface area (Å²) >= 11 is 6.15. The van der Waals surface area contributed by atoms with E-state index in [0.29, 0.717) is 24.5 Å². The molecule has 178 valence electrons. The van der Waals surface area contributed by atoms with Crippen LogP contribution in [0.15, 0.2) is 74.1 Å². The molecular weight excluding hydrogens is 446 g/mol. The molecule has 1 amide bonds. The number of benzene rings is 2. The van der Waals surface area contributed by atoms with E-state index in [1.165, 1.54) is 5.56 Å². The minimum atomic E-state index is 0.147. The second-order valence-electron chi connectivity index (χ2n) is 8.08. The van der Waals surface area contributed by atoms with Gasteiger partial charge in [-0.25, -0.2) is 0 Å². The van der Waals surface area contributed by atoms with Gasteiger partial charge in [0, 0.05) is 41.0 Å². The van der Waals surface area contributed by atoms with Crippen LogP contribution in [0.4, 0.5) is 5.69 Å². The van der Waals surface area contributed by atoms with E-state index in [2.05, 4.69) is 35.5 Å². The molecule has 1 aliphatic rings. The summed E-state index contributed by atoms with van der Waals surface area (Å²) < 4.78 is 5.85. The minimum Gasteiger partial charge on any atom is -0.493 e. The van der Waals surface area contributed by atoms with Crippen LogP contribution in [0.3, 0.4) is 0 Å². The van der Waals surface area contributed by atoms with Crippen LogP contribution in [0, 0.1) is 6.92 Å². The zero-order chi connectivity index (χ0) is 24.3. The Kier molecular flexibility index (Phi) is 9.53. The molecule has 34 heavy (non-hydrogen) atoms. The van der Waals surface area contributed by atoms with Gasteiger partial charge in [0.1, 0.15) is 5.75 Å². The molecule has 6 heteroatoms. The first-order valence-electron chi connectivity index (χ1n) is 11.6. The van der Waals surface area contributed by atoms with Crippen LogP contribution in [0.5, 0.6) is 5.75 Å². The van der Waals surface area contributed by atoms with Crippen molar-refractivity contribution in [3.8, 4) is 16.9 Å². The van der Waals surface area contributed by atoms with Crippen LogP contribution in [0.25, 0.3) is 11.1 Å². The number of aromatic nitrogens is 2. The first kappa shape index (κ1) is 25.3. The molecule has 0 saturated carbocycles. The molecule has 2 aromatic carbocycles. The predicted molar refractivity (Wildman–Crippen MR) is 141 cm³/mol. The van der Waals surface area contributed by atoms with Gasteiger partial charge in [-0.2, -0.15) is 5.10 Å². The third-order valence-electron chi connectivity index (χ3n) is 5.79. The number of fused-ring (bicyclic) bond motifs is 1. The summed E-state index contributed by atoms with van der Waals surface area (Å²) in [6, 6.07) is 11.8. The highest BCUT2D eigenvalue weighted by Gasteiger charge is 2.23. The average molecular weight is 478 g/mol. The molecule has 5 nitrogen and oxygen atoms in total. The first-order chi connectivity index (χ1) is 16.6. The number of nitrogens with one attached hydrogen (secondary N) is 1. The van der Waals surface area contributed by atoms with Crippen LogP contribution in [0.2, 0.25) is 5.02 Å². The monoisotopic (exact) mass is 477 g/mol. The third kappa shape index (κ3) is 6.39. The van der Waals surface area contributed by atoms with Crippen molar-refractivity contribution >= 4 is 23.2 Å². The average Bonchev–Trinajstić information content (AvgIpc) is 3.30. The van der Waals surface area contributed by atoms with Gasteiger partial charge in [-0.1, -0.05) is 55.1 Å². The number of rotatable bonds is 7. The number of allylic oxidation sites excluding steroid dienone is 2. The number of aromatic amines is 1. The van der Waals surface area contributed by atoms with Crippen LogP contribution in [0.1, 0.15) is 36.8 Å². The second-order valence-corrected chi connectivity index (χ2v) is 8.49. The van der Waals surface area contributed by atoms with E-state index >= 15 is 0 Å². The summed E-state index contributed by atoms with van der Waals surface area (Å²) in [6.07, 6.45) is 11.2. The highest BCUT2D eigenvalue weighted by atomic mass is 35.5. The fourth-order valence-electron chi connectivity index (χ4n) is 3.99. The van der Waals surface area contributed by atoms with Crippen LogP contribution < -0.4 is 9.64 Å². The number of ether oxygens (including phenoxy) is 1. The molecule has 2 heterocycles. The van der Waals surface area contributed by atoms with Gasteiger partial charge < -0.3 is 9.64 Å². The maximum absolute atomic E-state index is 13.1. The summed E-state index contributed by atoms with van der Waals surface area (Å²) in [6.45, 7) is 9.91. The largest absolute Gasteiger partial charge is 0.493 e. The standard InChI is InChI=1S/C24H26ClN3O2.C4H6/c1-17-21(25)9-5-11-23(17)30-14-6-12-24(29)28-13-3-2-7-20-19(8-4-10-22(20)28)18-15-26-27-16-18;1-3-4-2/h4-5,8-11,15-16H,2-3,6-7,12-14H2,1H3,(H,26,27);3-4H,1-2H2. The van der Waals surface area contributed by atoms with Crippen molar-refractivity contribution in [3.63, 3.8) is 0 Å². The topological polar surface area (TPSA) is 58.2 Å². The molecule has 1 aromatic heterocycles. The molecule has 3 aromatic rings. The van der Waals surface area contributed by atoms with Gasteiger partial charge in [0.05, 0.1) is 12.8 Å². The Morgan fingerprint density at radius 1 is 1.21 bits per heavy atom. The number of carbonyl (C=O) groups excluding carboxylic acids is 1. The van der Waals surface area contributed by atoms with E-state index in [1.807, 2.05) is 48.5 Å². The van der Waals surface area contributed by atoms with Gasteiger partial charge in [0.2, 0.25) is 5.91 Å². The second kappa shape index (κ2) is 12.8. The van der Waals surface area contributed by atoms with Crippen molar-refractivity contribution in [2.24, 2.45) is 0 Å². The molecule has 1 aliphatic heterocycles. The van der Waals surface area contributed by atoms with Crippen LogP contribution in [-0.4, -0.2) is 29.3 Å². The lowest BCUT2D eigenvalue weighted by molar-refractivity contribution is -0.118. The number of nitrogens with zero attached hydrogens (tertiary/aromatic N) is 2. The van der Waals surface area contributed by atoms with Crippen molar-refractivity contribution in [2.45, 2.75) is 39.0 Å². The van der Waals surface area contributed by atoms with Crippen molar-refractivity contribution in [1.29, 1.82) is 0 Å². The minimum absolute atomic E-state index is 0.147. The molecule has 0 saturated heterocycles. The van der Waals surface area contributed by atoms with E-state index in [9.17, 15) is 4.79 Å². The molecule has 0 fully saturated rings. The molecule has 0 aliphatic carbocycles. The summed E-state index contributed by atoms with van der Waals surface area (Å²) in [5.41, 5.74) is 5.41. The summed E-state index contributed by atoms with van der Waals surface area (Å²) in [5.74, 6) is 0.925. The third-order valence-corrected chi connectivity index (χ3v) is 6.20. The number of amides is 1. The summed E-state index contributed by atoms with van der Waals surface area (Å²) in [5, 5.41) is 7.66. The van der Waals surface area contributed by atoms with E-state index < -0.39 is 0 Å². The Balaban J connectivity index is 0.000000751. The predicted octanol–water partition coefficient (Wildman–Crippen LogP) is 6.93. The van der Waals surface area contributed by atoms with Gasteiger partial charge in [0.15, 0.2) is 0 Å². The van der Waals surface area contributed by atoms with Gasteiger partial charge in [0.25, 0.3) is 0 Å². The first-order valence-corrected chi connectivity index (χ1v) is 12.0. The Labute approximate surface area is 207 Å². The van der Waals surface area contributed by atoms with Gasteiger partial charge in [-0.05, 0) is 61.9 Å². The molecule has 0 unspecified atom stereocenters. The Morgan fingerprint density at radius 3 is 2.74 bits per heavy atom. The summed E-state index contributed by atoms with van der Waals surface area (Å²) in [4.78, 5) is 15.0. The molecule has 1 N–H and O–H groups in total. The molecule has 4 rings (SSSR count). The quantitative estimate of drug-likeness (QED) is 0.296. The number of hydrogen-bond donors (Lipinski definition) is 1. The molecule has 0 atom stereocenters. The highest BCUT2D eigenvalue weighted by molar-refractivity contribution is 6.31. The van der Waals surface area contributed by atoms with E-state index in [0.717, 1.165) is 53.9 Å². The Bertz CT molecular complexity index is 1100. The van der Waals surface area contributed by atoms with Crippen molar-refractivity contribution in [2.75, 3.05) is 18.1 Å². The zero-order valence-electron chi connectivity index (χ0n) is 19.7. The molecular formula is C28H32ClN3O2. The molecule has 0 bridgehead atoms. The van der Waals surface area contributed by atoms with Crippen molar-refractivity contribution < 1.29 is 9.53 Å². The Hall–Kier alpha value is -3.31. The lowest BCUT2D eigenvalue weighted by Gasteiger charge is -2.24. The SMILES string of the molecule is C=CC=C.Cc1c(Cl)cccc1OCCCC(=O)N1CCCCc2c(-c3cn[nH]c3)cccc21. The normalized spacial score (nSPS) is 12.6. The molecule has 0 spiro atoms. The van der Waals surface area contributed by atoms with Gasteiger partial charge in [-0.3, -0.25) is 9.89 Å². The van der Waals surface area contributed by atoms with E-state index in [-0.39, 0.29) is 5.91 Å². The fourth-order valence-corrected chi connectivity index (χ4v) is 4.16. The number of anilines is 1. The number of halogens is 1. The number of carbonyl (C=O) groups is 1. The van der Waals surface area contributed by atoms with Crippen LogP contribution in [-0.2, 0) is 11.2 Å². The highest BCUT2D eigenvalue weighted by Crippen LogP contribution is 2.35. The van der Waals surface area contributed by atoms with Crippen molar-refractivity contribution in [3.05, 3.63) is 90.3 Å². The van der Waals surface area contributed by atoms with Gasteiger partial charge in [-0.15, -0.1) is 0 Å². The lowest BCUT2D eigenvalue weighted by Crippen LogP contribution is -2.31. The van der Waals surface area contributed by atoms with E-state index in [4.69, 9.17) is 16.3 Å². The fraction of sp³-hybridized carbons (Fsp3) is 0.286. The van der Waals surface area contributed by atoms with Gasteiger partial charge >= 0.3 is 0 Å². The maximum atomic E-state index is 13.1. The number of H-pyrrole nitrogens is 1. The van der Waals surface area contributed by atoms with Crippen LogP contribution >= 0.6 is 11.6 Å². The summed E-state index contributed by atoms with van der Waals surface area (Å²) in [7, 11) is 0.